The molecule has 0 fully saturated rings. The average molecular weight is 274 g/mol. The van der Waals surface area contributed by atoms with Crippen molar-refractivity contribution >= 4 is 5.84 Å². The van der Waals surface area contributed by atoms with Gasteiger partial charge >= 0.3 is 0 Å². The van der Waals surface area contributed by atoms with Gasteiger partial charge in [0.1, 0.15) is 5.69 Å². The topological polar surface area (TPSA) is 92.6 Å². The summed E-state index contributed by atoms with van der Waals surface area (Å²) in [5.74, 6) is 0.0235. The SMILES string of the molecule is CN(Cc1cnn(C)c1)Cc1cccnc1C(N)=NO. The monoisotopic (exact) mass is 274 g/mol. The van der Waals surface area contributed by atoms with E-state index >= 15 is 0 Å². The first-order chi connectivity index (χ1) is 9.60. The molecule has 3 N–H and O–H groups in total. The zero-order valence-corrected chi connectivity index (χ0v) is 11.6. The molecule has 0 atom stereocenters. The molecule has 0 amide bonds. The van der Waals surface area contributed by atoms with E-state index in [9.17, 15) is 0 Å². The Hall–Kier alpha value is -2.41. The van der Waals surface area contributed by atoms with Gasteiger partial charge in [-0.3, -0.25) is 14.6 Å². The highest BCUT2D eigenvalue weighted by molar-refractivity contribution is 5.96. The summed E-state index contributed by atoms with van der Waals surface area (Å²) >= 11 is 0. The number of nitrogens with two attached hydrogens (primary N) is 1. The first-order valence-electron chi connectivity index (χ1n) is 6.18. The van der Waals surface area contributed by atoms with Crippen molar-refractivity contribution in [2.45, 2.75) is 13.1 Å². The van der Waals surface area contributed by atoms with Gasteiger partial charge < -0.3 is 10.9 Å². The van der Waals surface area contributed by atoms with Crippen molar-refractivity contribution < 1.29 is 5.21 Å². The lowest BCUT2D eigenvalue weighted by molar-refractivity contribution is 0.314. The fourth-order valence-electron chi connectivity index (χ4n) is 2.06. The first kappa shape index (κ1) is 14.0. The van der Waals surface area contributed by atoms with E-state index in [0.717, 1.165) is 17.7 Å². The molecule has 106 valence electrons. The Morgan fingerprint density at radius 1 is 1.50 bits per heavy atom. The Balaban J connectivity index is 2.09. The van der Waals surface area contributed by atoms with Crippen LogP contribution in [0.3, 0.4) is 0 Å². The second-order valence-corrected chi connectivity index (χ2v) is 4.69. The molecule has 0 bridgehead atoms. The van der Waals surface area contributed by atoms with Crippen LogP contribution in [0.2, 0.25) is 0 Å². The molecule has 0 aliphatic rings. The fraction of sp³-hybridized carbons (Fsp3) is 0.308. The summed E-state index contributed by atoms with van der Waals surface area (Å²) in [6, 6.07) is 3.75. The molecule has 20 heavy (non-hydrogen) atoms. The van der Waals surface area contributed by atoms with E-state index in [2.05, 4.69) is 20.1 Å². The predicted molar refractivity (Wildman–Crippen MR) is 75.1 cm³/mol. The van der Waals surface area contributed by atoms with Gasteiger partial charge in [0.25, 0.3) is 0 Å². The molecule has 0 aliphatic heterocycles. The van der Waals surface area contributed by atoms with Gasteiger partial charge in [-0.1, -0.05) is 11.2 Å². The van der Waals surface area contributed by atoms with Crippen molar-refractivity contribution in [3.05, 3.63) is 47.5 Å². The Bertz CT molecular complexity index is 606. The maximum Gasteiger partial charge on any atom is 0.189 e. The van der Waals surface area contributed by atoms with Gasteiger partial charge in [-0.15, -0.1) is 0 Å². The third-order valence-corrected chi connectivity index (χ3v) is 2.89. The molecule has 2 aromatic rings. The van der Waals surface area contributed by atoms with Crippen LogP contribution in [-0.2, 0) is 20.1 Å². The lowest BCUT2D eigenvalue weighted by Gasteiger charge is -2.17. The van der Waals surface area contributed by atoms with Gasteiger partial charge in [-0.05, 0) is 18.7 Å². The van der Waals surface area contributed by atoms with Gasteiger partial charge in [-0.2, -0.15) is 5.10 Å². The smallest absolute Gasteiger partial charge is 0.189 e. The molecule has 0 radical (unpaired) electrons. The number of amidine groups is 1. The Morgan fingerprint density at radius 2 is 2.30 bits per heavy atom. The highest BCUT2D eigenvalue weighted by atomic mass is 16.4. The summed E-state index contributed by atoms with van der Waals surface area (Å²) in [7, 11) is 3.89. The number of hydrogen-bond acceptors (Lipinski definition) is 5. The Morgan fingerprint density at radius 3 is 2.95 bits per heavy atom. The zero-order chi connectivity index (χ0) is 14.5. The van der Waals surface area contributed by atoms with Crippen LogP contribution in [0.5, 0.6) is 0 Å². The van der Waals surface area contributed by atoms with Gasteiger partial charge in [0.05, 0.1) is 6.20 Å². The Labute approximate surface area is 117 Å². The number of aryl methyl sites for hydroxylation is 1. The van der Waals surface area contributed by atoms with E-state index in [4.69, 9.17) is 10.9 Å². The molecule has 0 aromatic carbocycles. The molecule has 0 aliphatic carbocycles. The van der Waals surface area contributed by atoms with Gasteiger partial charge in [0.15, 0.2) is 5.84 Å². The summed E-state index contributed by atoms with van der Waals surface area (Å²) in [5.41, 5.74) is 8.18. The summed E-state index contributed by atoms with van der Waals surface area (Å²) in [6.45, 7) is 1.41. The van der Waals surface area contributed by atoms with Crippen LogP contribution >= 0.6 is 0 Å². The van der Waals surface area contributed by atoms with Crippen molar-refractivity contribution in [2.24, 2.45) is 17.9 Å². The second-order valence-electron chi connectivity index (χ2n) is 4.69. The van der Waals surface area contributed by atoms with E-state index in [1.54, 1.807) is 10.9 Å². The quantitative estimate of drug-likeness (QED) is 0.359. The maximum absolute atomic E-state index is 8.78. The van der Waals surface area contributed by atoms with E-state index < -0.39 is 0 Å². The molecular formula is C13H18N6O. The van der Waals surface area contributed by atoms with Crippen LogP contribution < -0.4 is 5.73 Å². The van der Waals surface area contributed by atoms with Gasteiger partial charge in [0.2, 0.25) is 0 Å². The van der Waals surface area contributed by atoms with Gasteiger partial charge in [-0.25, -0.2) is 0 Å². The summed E-state index contributed by atoms with van der Waals surface area (Å²) < 4.78 is 1.77. The van der Waals surface area contributed by atoms with Gasteiger partial charge in [0, 0.05) is 38.1 Å². The van der Waals surface area contributed by atoms with Crippen LogP contribution in [-0.4, -0.2) is 37.8 Å². The molecule has 7 heteroatoms. The molecule has 0 unspecified atom stereocenters. The average Bonchev–Trinajstić information content (AvgIpc) is 2.83. The Kier molecular flexibility index (Phi) is 4.31. The van der Waals surface area contributed by atoms with E-state index in [1.165, 1.54) is 0 Å². The molecule has 0 saturated carbocycles. The third kappa shape index (κ3) is 3.33. The van der Waals surface area contributed by atoms with E-state index in [1.807, 2.05) is 38.6 Å². The number of rotatable bonds is 5. The minimum atomic E-state index is 0.0235. The van der Waals surface area contributed by atoms with Crippen molar-refractivity contribution in [1.82, 2.24) is 19.7 Å². The molecule has 7 nitrogen and oxygen atoms in total. The predicted octanol–water partition coefficient (Wildman–Crippen LogP) is 0.542. The lowest BCUT2D eigenvalue weighted by Crippen LogP contribution is -2.22. The van der Waals surface area contributed by atoms with E-state index in [0.29, 0.717) is 12.2 Å². The highest BCUT2D eigenvalue weighted by Gasteiger charge is 2.11. The van der Waals surface area contributed by atoms with Crippen molar-refractivity contribution in [3.63, 3.8) is 0 Å². The number of hydrogen-bond donors (Lipinski definition) is 2. The molecule has 2 heterocycles. The molecular weight excluding hydrogens is 256 g/mol. The number of nitrogens with zero attached hydrogens (tertiary/aromatic N) is 5. The summed E-state index contributed by atoms with van der Waals surface area (Å²) in [6.07, 6.45) is 5.44. The normalized spacial score (nSPS) is 12.1. The second kappa shape index (κ2) is 6.16. The number of aromatic nitrogens is 3. The van der Waals surface area contributed by atoms with Crippen molar-refractivity contribution in [3.8, 4) is 0 Å². The molecule has 0 spiro atoms. The largest absolute Gasteiger partial charge is 0.409 e. The first-order valence-corrected chi connectivity index (χ1v) is 6.18. The highest BCUT2D eigenvalue weighted by Crippen LogP contribution is 2.10. The van der Waals surface area contributed by atoms with Crippen LogP contribution in [0.4, 0.5) is 0 Å². The van der Waals surface area contributed by atoms with Crippen LogP contribution in [0.1, 0.15) is 16.8 Å². The lowest BCUT2D eigenvalue weighted by atomic mass is 10.1. The standard InChI is InChI=1S/C13H18N6O/c1-18(7-10-6-16-19(2)8-10)9-11-4-3-5-15-12(11)13(14)17-20/h3-6,8,20H,7,9H2,1-2H3,(H2,14,17). The summed E-state index contributed by atoms with van der Waals surface area (Å²) in [4.78, 5) is 6.27. The van der Waals surface area contributed by atoms with E-state index in [-0.39, 0.29) is 5.84 Å². The zero-order valence-electron chi connectivity index (χ0n) is 11.6. The van der Waals surface area contributed by atoms with Crippen molar-refractivity contribution in [2.75, 3.05) is 7.05 Å². The van der Waals surface area contributed by atoms with Crippen LogP contribution in [0.25, 0.3) is 0 Å². The molecule has 2 rings (SSSR count). The van der Waals surface area contributed by atoms with Crippen LogP contribution in [0.15, 0.2) is 35.9 Å². The fourth-order valence-corrected chi connectivity index (χ4v) is 2.06. The van der Waals surface area contributed by atoms with Crippen molar-refractivity contribution in [1.29, 1.82) is 0 Å². The summed E-state index contributed by atoms with van der Waals surface area (Å²) in [5, 5.41) is 15.9. The number of oxime groups is 1. The minimum absolute atomic E-state index is 0.0235. The number of pyridine rings is 1. The molecule has 2 aromatic heterocycles. The third-order valence-electron chi connectivity index (χ3n) is 2.89. The maximum atomic E-state index is 8.78. The minimum Gasteiger partial charge on any atom is -0.409 e. The van der Waals surface area contributed by atoms with Crippen LogP contribution in [0, 0.1) is 0 Å². The molecule has 0 saturated heterocycles.